The highest BCUT2D eigenvalue weighted by Gasteiger charge is 2.32. The van der Waals surface area contributed by atoms with Gasteiger partial charge in [-0.3, -0.25) is 4.79 Å². The predicted octanol–water partition coefficient (Wildman–Crippen LogP) is 1.76. The first-order valence-corrected chi connectivity index (χ1v) is 11.0. The van der Waals surface area contributed by atoms with Gasteiger partial charge in [0.15, 0.2) is 0 Å². The number of carbonyl (C=O) groups excluding carboxylic acids is 1. The summed E-state index contributed by atoms with van der Waals surface area (Å²) in [6, 6.07) is 5.69. The Balaban J connectivity index is 1.51. The summed E-state index contributed by atoms with van der Waals surface area (Å²) in [5.41, 5.74) is 1.91. The van der Waals surface area contributed by atoms with Gasteiger partial charge in [-0.2, -0.15) is 4.98 Å². The van der Waals surface area contributed by atoms with E-state index in [9.17, 15) is 18.0 Å². The number of aliphatic hydroxyl groups excluding tert-OH is 1. The Morgan fingerprint density at radius 3 is 3.00 bits per heavy atom. The maximum atomic E-state index is 14.8. The molecule has 2 N–H and O–H groups in total. The van der Waals surface area contributed by atoms with Gasteiger partial charge in [0.1, 0.15) is 30.4 Å². The van der Waals surface area contributed by atoms with Crippen molar-refractivity contribution in [3.8, 4) is 17.0 Å². The molecule has 5 rings (SSSR count). The number of fused-ring (bicyclic) bond motifs is 2. The van der Waals surface area contributed by atoms with Gasteiger partial charge < -0.3 is 20.1 Å². The lowest BCUT2D eigenvalue weighted by atomic mass is 10.0. The lowest BCUT2D eigenvalue weighted by Gasteiger charge is -2.34. The molecule has 190 valence electrons. The van der Waals surface area contributed by atoms with Gasteiger partial charge in [-0.1, -0.05) is 11.3 Å². The topological polar surface area (TPSA) is 123 Å². The van der Waals surface area contributed by atoms with Crippen molar-refractivity contribution in [2.24, 2.45) is 0 Å². The molecule has 1 fully saturated rings. The van der Waals surface area contributed by atoms with Crippen molar-refractivity contribution in [1.29, 1.82) is 0 Å². The van der Waals surface area contributed by atoms with Gasteiger partial charge in [0.25, 0.3) is 6.43 Å². The number of rotatable bonds is 7. The van der Waals surface area contributed by atoms with Crippen molar-refractivity contribution in [2.45, 2.75) is 31.6 Å². The number of aliphatic hydroxyl groups is 1. The summed E-state index contributed by atoms with van der Waals surface area (Å²) < 4.78 is 71.2. The Hall–Kier alpha value is -3.94. The largest absolute Gasteiger partial charge is 0.479 e. The maximum absolute atomic E-state index is 14.8. The Labute approximate surface area is 206 Å². The zero-order chi connectivity index (χ0) is 27.9. The summed E-state index contributed by atoms with van der Waals surface area (Å²) in [5, 5.41) is 23.9. The van der Waals surface area contributed by atoms with Gasteiger partial charge in [-0.15, -0.1) is 10.2 Å². The van der Waals surface area contributed by atoms with E-state index < -0.39 is 44.7 Å². The van der Waals surface area contributed by atoms with Crippen molar-refractivity contribution < 1.29 is 31.9 Å². The third-order valence-electron chi connectivity index (χ3n) is 6.06. The Kier molecular flexibility index (Phi) is 5.41. The third-order valence-corrected chi connectivity index (χ3v) is 6.06. The molecule has 2 atom stereocenters. The zero-order valence-electron chi connectivity index (χ0n) is 21.7. The number of anilines is 1. The van der Waals surface area contributed by atoms with Crippen LogP contribution in [0.3, 0.4) is 0 Å². The van der Waals surface area contributed by atoms with E-state index in [1.54, 1.807) is 24.3 Å². The van der Waals surface area contributed by atoms with E-state index >= 15 is 0 Å². The number of methoxy groups -OCH3 is 1. The third kappa shape index (κ3) is 4.39. The Morgan fingerprint density at radius 2 is 2.25 bits per heavy atom. The highest BCUT2D eigenvalue weighted by molar-refractivity contribution is 5.89. The van der Waals surface area contributed by atoms with Crippen LogP contribution in [-0.2, 0) is 11.3 Å². The molecular weight excluding hydrogens is 481 g/mol. The van der Waals surface area contributed by atoms with Crippen LogP contribution in [0.5, 0.6) is 5.88 Å². The summed E-state index contributed by atoms with van der Waals surface area (Å²) >= 11 is 0. The second-order valence-electron chi connectivity index (χ2n) is 8.28. The van der Waals surface area contributed by atoms with Crippen LogP contribution >= 0.6 is 0 Å². The molecule has 1 aliphatic rings. The second-order valence-corrected chi connectivity index (χ2v) is 8.28. The first kappa shape index (κ1) is 20.3. The fourth-order valence-electron chi connectivity index (χ4n) is 4.32. The monoisotopic (exact) mass is 507 g/mol. The Morgan fingerprint density at radius 1 is 1.39 bits per heavy atom. The zero-order valence-corrected chi connectivity index (χ0v) is 18.7. The van der Waals surface area contributed by atoms with Crippen molar-refractivity contribution in [1.82, 2.24) is 34.5 Å². The molecular formula is C22H23F3N8O3. The van der Waals surface area contributed by atoms with Crippen LogP contribution in [0.25, 0.3) is 27.7 Å². The van der Waals surface area contributed by atoms with E-state index in [1.165, 1.54) is 15.6 Å². The minimum absolute atomic E-state index is 0.104. The number of hydrogen-bond acceptors (Lipinski definition) is 8. The Bertz CT molecular complexity index is 1510. The van der Waals surface area contributed by atoms with Crippen LogP contribution in [0.15, 0.2) is 30.5 Å². The standard InChI is InChI=1S/C22H23F3N8O3/c1-36-21-20-13(12-2-3-16-17(8-12)33(30-28-16)10-18(24)25)4-7-32(20)29-22(27-21)26-15-5-6-31(9-14(15)23)19(35)11-34/h2-4,7-8,14-15,18,34H,5-6,9-11H2,1H3,(H,26,29)/t14-,15+/m1/s1/i1D3. The number of amides is 1. The van der Waals surface area contributed by atoms with Crippen LogP contribution in [-0.4, -0.2) is 90.9 Å². The first-order chi connectivity index (χ1) is 18.5. The number of alkyl halides is 3. The van der Waals surface area contributed by atoms with Gasteiger partial charge >= 0.3 is 0 Å². The second kappa shape index (κ2) is 9.60. The summed E-state index contributed by atoms with van der Waals surface area (Å²) in [6.45, 7) is -1.39. The highest BCUT2D eigenvalue weighted by Crippen LogP contribution is 2.33. The molecule has 0 unspecified atom stereocenters. The van der Waals surface area contributed by atoms with Gasteiger partial charge in [-0.25, -0.2) is 22.4 Å². The summed E-state index contributed by atoms with van der Waals surface area (Å²) in [5.74, 6) is -0.989. The number of ether oxygens (including phenoxy) is 1. The van der Waals surface area contributed by atoms with E-state index in [0.29, 0.717) is 22.2 Å². The first-order valence-electron chi connectivity index (χ1n) is 12.5. The summed E-state index contributed by atoms with van der Waals surface area (Å²) in [7, 11) is -2.88. The minimum Gasteiger partial charge on any atom is -0.479 e. The molecule has 1 saturated heterocycles. The van der Waals surface area contributed by atoms with Crippen LogP contribution in [0.4, 0.5) is 19.1 Å². The average Bonchev–Trinajstić information content (AvgIpc) is 3.47. The number of nitrogens with zero attached hydrogens (tertiary/aromatic N) is 7. The van der Waals surface area contributed by atoms with Gasteiger partial charge in [-0.05, 0) is 30.2 Å². The number of benzene rings is 1. The molecule has 0 bridgehead atoms. The van der Waals surface area contributed by atoms with Crippen LogP contribution in [0.2, 0.25) is 0 Å². The van der Waals surface area contributed by atoms with Crippen LogP contribution in [0.1, 0.15) is 10.5 Å². The number of nitrogens with one attached hydrogen (secondary N) is 1. The lowest BCUT2D eigenvalue weighted by Crippen LogP contribution is -2.50. The summed E-state index contributed by atoms with van der Waals surface area (Å²) in [4.78, 5) is 17.1. The minimum atomic E-state index is -2.88. The average molecular weight is 507 g/mol. The number of aromatic nitrogens is 6. The van der Waals surface area contributed by atoms with Crippen LogP contribution < -0.4 is 10.1 Å². The van der Waals surface area contributed by atoms with Crippen molar-refractivity contribution >= 4 is 28.4 Å². The molecule has 14 heteroatoms. The van der Waals surface area contributed by atoms with E-state index in [-0.39, 0.29) is 36.9 Å². The van der Waals surface area contributed by atoms with E-state index in [2.05, 4.69) is 25.7 Å². The predicted molar refractivity (Wildman–Crippen MR) is 123 cm³/mol. The lowest BCUT2D eigenvalue weighted by molar-refractivity contribution is -0.136. The summed E-state index contributed by atoms with van der Waals surface area (Å²) in [6.07, 6.45) is -2.42. The van der Waals surface area contributed by atoms with E-state index in [1.807, 2.05) is 0 Å². The SMILES string of the molecule is [2H]C([2H])([2H])Oc1nc(N[C@H]2CCN(C(=O)CO)C[C@H]2F)nn2ccc(-c3ccc4nnn(CC(F)F)c4c3)c12. The number of halogens is 3. The molecule has 4 heterocycles. The maximum Gasteiger partial charge on any atom is 0.258 e. The molecule has 1 aliphatic heterocycles. The van der Waals surface area contributed by atoms with Crippen molar-refractivity contribution in [3.05, 3.63) is 30.5 Å². The number of piperidine rings is 1. The highest BCUT2D eigenvalue weighted by atomic mass is 19.3. The number of hydrogen-bond donors (Lipinski definition) is 2. The van der Waals surface area contributed by atoms with E-state index in [0.717, 1.165) is 4.68 Å². The smallest absolute Gasteiger partial charge is 0.258 e. The fraction of sp³-hybridized carbons (Fsp3) is 0.409. The van der Waals surface area contributed by atoms with Gasteiger partial charge in [0.2, 0.25) is 17.7 Å². The molecule has 36 heavy (non-hydrogen) atoms. The van der Waals surface area contributed by atoms with E-state index in [4.69, 9.17) is 14.0 Å². The molecule has 3 aromatic heterocycles. The quantitative estimate of drug-likeness (QED) is 0.388. The van der Waals surface area contributed by atoms with Crippen molar-refractivity contribution in [2.75, 3.05) is 32.1 Å². The van der Waals surface area contributed by atoms with Crippen LogP contribution in [0, 0.1) is 0 Å². The molecule has 0 radical (unpaired) electrons. The van der Waals surface area contributed by atoms with Gasteiger partial charge in [0.05, 0.1) is 29.3 Å². The molecule has 0 aliphatic carbocycles. The molecule has 1 amide bonds. The molecule has 4 aromatic rings. The normalized spacial score (nSPS) is 19.9. The fourth-order valence-corrected chi connectivity index (χ4v) is 4.32. The van der Waals surface area contributed by atoms with Gasteiger partial charge in [0, 0.05) is 18.3 Å². The molecule has 0 spiro atoms. The molecule has 0 saturated carbocycles. The molecule has 11 nitrogen and oxygen atoms in total. The van der Waals surface area contributed by atoms with Crippen molar-refractivity contribution in [3.63, 3.8) is 0 Å². The molecule has 1 aromatic carbocycles. The number of likely N-dealkylation sites (tertiary alicyclic amines) is 1. The number of carbonyl (C=O) groups is 1.